The van der Waals surface area contributed by atoms with Crippen LogP contribution in [0.2, 0.25) is 0 Å². The molecule has 2 saturated heterocycles. The van der Waals surface area contributed by atoms with Gasteiger partial charge in [0.15, 0.2) is 0 Å². The Bertz CT molecular complexity index is 277. The Labute approximate surface area is 103 Å². The molecule has 0 radical (unpaired) electrons. The molecule has 2 atom stereocenters. The third-order valence-corrected chi connectivity index (χ3v) is 4.22. The highest BCUT2D eigenvalue weighted by molar-refractivity contribution is 5.79. The Kier molecular flexibility index (Phi) is 4.01. The molecule has 2 heterocycles. The minimum absolute atomic E-state index is 0.159. The highest BCUT2D eigenvalue weighted by Gasteiger charge is 2.49. The van der Waals surface area contributed by atoms with Crippen molar-refractivity contribution >= 4 is 5.97 Å². The van der Waals surface area contributed by atoms with E-state index in [9.17, 15) is 9.90 Å². The van der Waals surface area contributed by atoms with Crippen LogP contribution in [0.5, 0.6) is 0 Å². The Hall–Kier alpha value is -0.650. The summed E-state index contributed by atoms with van der Waals surface area (Å²) >= 11 is 0. The number of nitrogens with one attached hydrogen (secondary N) is 2. The van der Waals surface area contributed by atoms with Crippen molar-refractivity contribution in [3.8, 4) is 0 Å². The van der Waals surface area contributed by atoms with Gasteiger partial charge < -0.3 is 15.7 Å². The van der Waals surface area contributed by atoms with Crippen LogP contribution in [0.25, 0.3) is 0 Å². The number of rotatable bonds is 2. The average Bonchev–Trinajstić information content (AvgIpc) is 2.58. The largest absolute Gasteiger partial charge is 0.480 e. The summed E-state index contributed by atoms with van der Waals surface area (Å²) in [6, 6.07) is 0. The van der Waals surface area contributed by atoms with Crippen molar-refractivity contribution < 1.29 is 9.90 Å². The van der Waals surface area contributed by atoms with E-state index in [-0.39, 0.29) is 5.92 Å². The summed E-state index contributed by atoms with van der Waals surface area (Å²) in [5.41, 5.74) is -0.655. The predicted octanol–water partition coefficient (Wildman–Crippen LogP) is -0.265. The second kappa shape index (κ2) is 5.33. The first-order valence-corrected chi connectivity index (χ1v) is 6.58. The van der Waals surface area contributed by atoms with Crippen molar-refractivity contribution in [2.24, 2.45) is 5.92 Å². The van der Waals surface area contributed by atoms with Crippen LogP contribution in [-0.2, 0) is 4.79 Å². The van der Waals surface area contributed by atoms with E-state index in [1.54, 1.807) is 0 Å². The number of carboxylic acid groups (broad SMARTS) is 1. The minimum atomic E-state index is -0.655. The molecule has 5 nitrogen and oxygen atoms in total. The second-order valence-electron chi connectivity index (χ2n) is 5.18. The summed E-state index contributed by atoms with van der Waals surface area (Å²) in [4.78, 5) is 14.0. The lowest BCUT2D eigenvalue weighted by Gasteiger charge is -2.47. The molecule has 2 fully saturated rings. The maximum absolute atomic E-state index is 11.8. The maximum Gasteiger partial charge on any atom is 0.324 e. The third kappa shape index (κ3) is 2.32. The zero-order valence-corrected chi connectivity index (χ0v) is 10.5. The van der Waals surface area contributed by atoms with Gasteiger partial charge in [0.1, 0.15) is 5.54 Å². The number of hydrogen-bond donors (Lipinski definition) is 3. The van der Waals surface area contributed by atoms with E-state index in [4.69, 9.17) is 0 Å². The molecule has 3 N–H and O–H groups in total. The Morgan fingerprint density at radius 1 is 1.29 bits per heavy atom. The van der Waals surface area contributed by atoms with Crippen LogP contribution in [-0.4, -0.2) is 60.8 Å². The summed E-state index contributed by atoms with van der Waals surface area (Å²) in [5, 5.41) is 16.3. The third-order valence-electron chi connectivity index (χ3n) is 4.22. The van der Waals surface area contributed by atoms with Gasteiger partial charge in [-0.15, -0.1) is 0 Å². The van der Waals surface area contributed by atoms with Crippen molar-refractivity contribution in [3.63, 3.8) is 0 Å². The molecule has 0 amide bonds. The lowest BCUT2D eigenvalue weighted by molar-refractivity contribution is -0.157. The minimum Gasteiger partial charge on any atom is -0.480 e. The smallest absolute Gasteiger partial charge is 0.324 e. The molecule has 17 heavy (non-hydrogen) atoms. The Balaban J connectivity index is 2.22. The Morgan fingerprint density at radius 2 is 2.12 bits per heavy atom. The molecular formula is C12H23N3O2. The van der Waals surface area contributed by atoms with Crippen LogP contribution >= 0.6 is 0 Å². The first-order chi connectivity index (χ1) is 8.18. The van der Waals surface area contributed by atoms with Crippen LogP contribution in [0.4, 0.5) is 0 Å². The van der Waals surface area contributed by atoms with E-state index in [0.29, 0.717) is 6.42 Å². The topological polar surface area (TPSA) is 64.6 Å². The first-order valence-electron chi connectivity index (χ1n) is 6.58. The number of nitrogens with zero attached hydrogens (tertiary/aromatic N) is 1. The SMILES string of the molecule is CC1CNCCC1(C(=O)O)N1CCCNCC1. The van der Waals surface area contributed by atoms with E-state index in [0.717, 1.165) is 45.7 Å². The lowest BCUT2D eigenvalue weighted by Crippen LogP contribution is -2.64. The molecule has 98 valence electrons. The fraction of sp³-hybridized carbons (Fsp3) is 0.917. The number of aliphatic carboxylic acids is 1. The van der Waals surface area contributed by atoms with Gasteiger partial charge in [0.05, 0.1) is 0 Å². The van der Waals surface area contributed by atoms with Gasteiger partial charge >= 0.3 is 5.97 Å². The molecule has 0 bridgehead atoms. The number of carboxylic acids is 1. The monoisotopic (exact) mass is 241 g/mol. The molecule has 0 aromatic carbocycles. The molecule has 0 aliphatic carbocycles. The van der Waals surface area contributed by atoms with Crippen LogP contribution in [0.15, 0.2) is 0 Å². The van der Waals surface area contributed by atoms with E-state index in [2.05, 4.69) is 22.5 Å². The van der Waals surface area contributed by atoms with Crippen molar-refractivity contribution in [2.45, 2.75) is 25.3 Å². The summed E-state index contributed by atoms with van der Waals surface area (Å²) in [7, 11) is 0. The quantitative estimate of drug-likeness (QED) is 0.621. The summed E-state index contributed by atoms with van der Waals surface area (Å²) in [6.45, 7) is 7.30. The molecule has 2 aliphatic heterocycles. The number of piperidine rings is 1. The highest BCUT2D eigenvalue weighted by atomic mass is 16.4. The van der Waals surface area contributed by atoms with Crippen LogP contribution in [0.3, 0.4) is 0 Å². The van der Waals surface area contributed by atoms with E-state index >= 15 is 0 Å². The molecule has 0 aromatic rings. The average molecular weight is 241 g/mol. The summed E-state index contributed by atoms with van der Waals surface area (Å²) in [6.07, 6.45) is 1.75. The van der Waals surface area contributed by atoms with Gasteiger partial charge in [-0.2, -0.15) is 0 Å². The molecule has 2 aliphatic rings. The van der Waals surface area contributed by atoms with E-state index in [1.807, 2.05) is 0 Å². The van der Waals surface area contributed by atoms with Crippen LogP contribution in [0.1, 0.15) is 19.8 Å². The predicted molar refractivity (Wildman–Crippen MR) is 66.1 cm³/mol. The first kappa shape index (κ1) is 12.8. The van der Waals surface area contributed by atoms with Crippen molar-refractivity contribution in [1.29, 1.82) is 0 Å². The number of hydrogen-bond acceptors (Lipinski definition) is 4. The number of carbonyl (C=O) groups is 1. The lowest BCUT2D eigenvalue weighted by atomic mass is 9.77. The zero-order chi connectivity index (χ0) is 12.3. The molecule has 2 unspecified atom stereocenters. The van der Waals surface area contributed by atoms with Crippen molar-refractivity contribution in [1.82, 2.24) is 15.5 Å². The van der Waals surface area contributed by atoms with Gasteiger partial charge in [0.2, 0.25) is 0 Å². The molecule has 0 saturated carbocycles. The van der Waals surface area contributed by atoms with Gasteiger partial charge in [0, 0.05) is 26.2 Å². The zero-order valence-electron chi connectivity index (χ0n) is 10.5. The van der Waals surface area contributed by atoms with Gasteiger partial charge in [-0.3, -0.25) is 9.69 Å². The van der Waals surface area contributed by atoms with E-state index in [1.165, 1.54) is 0 Å². The second-order valence-corrected chi connectivity index (χ2v) is 5.18. The fourth-order valence-electron chi connectivity index (χ4n) is 3.18. The standard InChI is InChI=1S/C12H23N3O2/c1-10-9-14-5-3-12(10,11(16)17)15-7-2-4-13-6-8-15/h10,13-14H,2-9H2,1H3,(H,16,17). The summed E-state index contributed by atoms with van der Waals surface area (Å²) in [5.74, 6) is -0.486. The highest BCUT2D eigenvalue weighted by Crippen LogP contribution is 2.32. The van der Waals surface area contributed by atoms with Crippen LogP contribution in [0, 0.1) is 5.92 Å². The van der Waals surface area contributed by atoms with Gasteiger partial charge in [-0.25, -0.2) is 0 Å². The molecule has 0 spiro atoms. The van der Waals surface area contributed by atoms with Crippen molar-refractivity contribution in [2.75, 3.05) is 39.3 Å². The molecule has 5 heteroatoms. The maximum atomic E-state index is 11.8. The fourth-order valence-corrected chi connectivity index (χ4v) is 3.18. The van der Waals surface area contributed by atoms with E-state index < -0.39 is 11.5 Å². The van der Waals surface area contributed by atoms with Gasteiger partial charge in [0.25, 0.3) is 0 Å². The molecule has 2 rings (SSSR count). The van der Waals surface area contributed by atoms with Crippen LogP contribution < -0.4 is 10.6 Å². The summed E-state index contributed by atoms with van der Waals surface area (Å²) < 4.78 is 0. The van der Waals surface area contributed by atoms with Gasteiger partial charge in [-0.05, 0) is 31.8 Å². The molecular weight excluding hydrogens is 218 g/mol. The molecule has 0 aromatic heterocycles. The van der Waals surface area contributed by atoms with Gasteiger partial charge in [-0.1, -0.05) is 6.92 Å². The Morgan fingerprint density at radius 3 is 2.82 bits per heavy atom. The van der Waals surface area contributed by atoms with Crippen molar-refractivity contribution in [3.05, 3.63) is 0 Å². The normalized spacial score (nSPS) is 36.4.